The first-order chi connectivity index (χ1) is 10.6. The summed E-state index contributed by atoms with van der Waals surface area (Å²) in [5.41, 5.74) is 0.306. The van der Waals surface area contributed by atoms with Gasteiger partial charge in [0.05, 0.1) is 5.71 Å². The molecule has 2 aliphatic rings. The van der Waals surface area contributed by atoms with Crippen molar-refractivity contribution in [1.29, 1.82) is 0 Å². The van der Waals surface area contributed by atoms with Crippen LogP contribution in [-0.4, -0.2) is 35.3 Å². The molecule has 7 heteroatoms. The van der Waals surface area contributed by atoms with Crippen LogP contribution >= 0.6 is 11.8 Å². The quantitative estimate of drug-likeness (QED) is 0.928. The number of amides is 1. The number of halogens is 2. The lowest BCUT2D eigenvalue weighted by Crippen LogP contribution is -2.43. The highest BCUT2D eigenvalue weighted by atomic mass is 32.2. The Morgan fingerprint density at radius 1 is 1.32 bits per heavy atom. The molecule has 3 rings (SSSR count). The van der Waals surface area contributed by atoms with Crippen molar-refractivity contribution in [1.82, 2.24) is 5.32 Å². The van der Waals surface area contributed by atoms with E-state index in [2.05, 4.69) is 10.5 Å². The lowest BCUT2D eigenvalue weighted by atomic mass is 10.0. The molecular weight excluding hydrogens is 310 g/mol. The number of carbonyl (C=O) groups is 1. The molecule has 2 aliphatic heterocycles. The summed E-state index contributed by atoms with van der Waals surface area (Å²) < 4.78 is 26.9. The molecule has 0 spiro atoms. The van der Waals surface area contributed by atoms with Gasteiger partial charge in [-0.25, -0.2) is 8.78 Å². The fraction of sp³-hybridized carbons (Fsp3) is 0.467. The van der Waals surface area contributed by atoms with Gasteiger partial charge in [0.15, 0.2) is 0 Å². The van der Waals surface area contributed by atoms with Gasteiger partial charge in [-0.3, -0.25) is 4.79 Å². The van der Waals surface area contributed by atoms with Gasteiger partial charge in [0.25, 0.3) is 5.91 Å². The normalized spacial score (nSPS) is 22.1. The molecule has 0 aromatic heterocycles. The zero-order valence-corrected chi connectivity index (χ0v) is 12.7. The van der Waals surface area contributed by atoms with Crippen LogP contribution in [0.2, 0.25) is 0 Å². The van der Waals surface area contributed by atoms with Gasteiger partial charge in [-0.1, -0.05) is 5.16 Å². The van der Waals surface area contributed by atoms with Crippen LogP contribution in [0.1, 0.15) is 24.8 Å². The van der Waals surface area contributed by atoms with E-state index in [0.717, 1.165) is 42.5 Å². The number of benzene rings is 1. The number of nitrogens with zero attached hydrogens (tertiary/aromatic N) is 1. The van der Waals surface area contributed by atoms with Crippen molar-refractivity contribution in [2.24, 2.45) is 5.16 Å². The number of thioether (sulfide) groups is 1. The summed E-state index contributed by atoms with van der Waals surface area (Å²) in [7, 11) is 0. The Kier molecular flexibility index (Phi) is 4.61. The van der Waals surface area contributed by atoms with Crippen molar-refractivity contribution in [2.75, 3.05) is 11.5 Å². The summed E-state index contributed by atoms with van der Waals surface area (Å²) in [6.07, 6.45) is 1.26. The van der Waals surface area contributed by atoms with Gasteiger partial charge in [-0.05, 0) is 42.5 Å². The number of nitrogens with one attached hydrogen (secondary N) is 1. The topological polar surface area (TPSA) is 50.7 Å². The van der Waals surface area contributed by atoms with Gasteiger partial charge in [-0.2, -0.15) is 11.8 Å². The van der Waals surface area contributed by atoms with Crippen molar-refractivity contribution in [3.05, 3.63) is 35.4 Å². The molecule has 118 valence electrons. The highest BCUT2D eigenvalue weighted by molar-refractivity contribution is 7.99. The SMILES string of the molecule is O=C(NC1CCSCC1)[C@H]1CC(c2cc(F)ccc2F)=NO1. The molecule has 1 aromatic rings. The smallest absolute Gasteiger partial charge is 0.264 e. The predicted octanol–water partition coefficient (Wildman–Crippen LogP) is 2.47. The molecule has 0 aliphatic carbocycles. The van der Waals surface area contributed by atoms with E-state index in [1.165, 1.54) is 0 Å². The summed E-state index contributed by atoms with van der Waals surface area (Å²) in [4.78, 5) is 17.3. The van der Waals surface area contributed by atoms with Crippen molar-refractivity contribution in [2.45, 2.75) is 31.4 Å². The minimum Gasteiger partial charge on any atom is -0.382 e. The Morgan fingerprint density at radius 2 is 2.09 bits per heavy atom. The molecule has 0 unspecified atom stereocenters. The molecule has 2 heterocycles. The Labute approximate surface area is 131 Å². The van der Waals surface area contributed by atoms with Gasteiger partial charge >= 0.3 is 0 Å². The van der Waals surface area contributed by atoms with Crippen molar-refractivity contribution in [3.8, 4) is 0 Å². The first kappa shape index (κ1) is 15.3. The van der Waals surface area contributed by atoms with Crippen LogP contribution in [0.3, 0.4) is 0 Å². The molecule has 0 saturated carbocycles. The van der Waals surface area contributed by atoms with E-state index in [1.54, 1.807) is 0 Å². The fourth-order valence-corrected chi connectivity index (χ4v) is 3.64. The Morgan fingerprint density at radius 3 is 2.86 bits per heavy atom. The van der Waals surface area contributed by atoms with E-state index in [-0.39, 0.29) is 29.6 Å². The maximum atomic E-state index is 13.7. The average molecular weight is 326 g/mol. The molecule has 1 amide bonds. The predicted molar refractivity (Wildman–Crippen MR) is 80.9 cm³/mol. The first-order valence-electron chi connectivity index (χ1n) is 7.20. The lowest BCUT2D eigenvalue weighted by Gasteiger charge is -2.23. The molecule has 22 heavy (non-hydrogen) atoms. The number of carbonyl (C=O) groups excluding carboxylic acids is 1. The highest BCUT2D eigenvalue weighted by Gasteiger charge is 2.31. The molecule has 4 nitrogen and oxygen atoms in total. The van der Waals surface area contributed by atoms with Gasteiger partial charge in [-0.15, -0.1) is 0 Å². The van der Waals surface area contributed by atoms with Crippen LogP contribution < -0.4 is 5.32 Å². The van der Waals surface area contributed by atoms with Crippen LogP contribution in [0.15, 0.2) is 23.4 Å². The standard InChI is InChI=1S/C15H16F2N2O2S/c16-9-1-2-12(17)11(7-9)13-8-14(21-19-13)15(20)18-10-3-5-22-6-4-10/h1-2,7,10,14H,3-6,8H2,(H,18,20)/t14-/m1/s1. The van der Waals surface area contributed by atoms with E-state index in [1.807, 2.05) is 11.8 Å². The summed E-state index contributed by atoms with van der Waals surface area (Å²) in [6.45, 7) is 0. The van der Waals surface area contributed by atoms with Gasteiger partial charge in [0, 0.05) is 18.0 Å². The molecule has 0 bridgehead atoms. The van der Waals surface area contributed by atoms with Gasteiger partial charge < -0.3 is 10.2 Å². The average Bonchev–Trinajstić information content (AvgIpc) is 3.00. The summed E-state index contributed by atoms with van der Waals surface area (Å²) >= 11 is 1.88. The maximum absolute atomic E-state index is 13.7. The molecule has 1 aromatic carbocycles. The van der Waals surface area contributed by atoms with E-state index in [0.29, 0.717) is 0 Å². The zero-order chi connectivity index (χ0) is 15.5. The van der Waals surface area contributed by atoms with Crippen LogP contribution in [0, 0.1) is 11.6 Å². The lowest BCUT2D eigenvalue weighted by molar-refractivity contribution is -0.131. The van der Waals surface area contributed by atoms with E-state index in [9.17, 15) is 13.6 Å². The minimum absolute atomic E-state index is 0.0457. The van der Waals surface area contributed by atoms with Crippen molar-refractivity contribution in [3.63, 3.8) is 0 Å². The third-order valence-corrected chi connectivity index (χ3v) is 4.82. The Bertz CT molecular complexity index is 603. The van der Waals surface area contributed by atoms with Crippen LogP contribution in [0.25, 0.3) is 0 Å². The van der Waals surface area contributed by atoms with E-state index >= 15 is 0 Å². The Hall–Kier alpha value is -1.63. The fourth-order valence-electron chi connectivity index (χ4n) is 2.53. The zero-order valence-electron chi connectivity index (χ0n) is 11.9. The summed E-state index contributed by atoms with van der Waals surface area (Å²) in [6, 6.07) is 3.31. The third kappa shape index (κ3) is 3.40. The van der Waals surface area contributed by atoms with Gasteiger partial charge in [0.2, 0.25) is 6.10 Å². The van der Waals surface area contributed by atoms with Gasteiger partial charge in [0.1, 0.15) is 11.6 Å². The second-order valence-electron chi connectivity index (χ2n) is 5.36. The second-order valence-corrected chi connectivity index (χ2v) is 6.58. The molecule has 1 atom stereocenters. The molecular formula is C15H16F2N2O2S. The van der Waals surface area contributed by atoms with E-state index in [4.69, 9.17) is 4.84 Å². The van der Waals surface area contributed by atoms with Crippen LogP contribution in [0.5, 0.6) is 0 Å². The number of hydrogen-bond acceptors (Lipinski definition) is 4. The van der Waals surface area contributed by atoms with Crippen LogP contribution in [-0.2, 0) is 9.63 Å². The first-order valence-corrected chi connectivity index (χ1v) is 8.35. The monoisotopic (exact) mass is 326 g/mol. The third-order valence-electron chi connectivity index (χ3n) is 3.77. The minimum atomic E-state index is -0.771. The number of rotatable bonds is 3. The maximum Gasteiger partial charge on any atom is 0.264 e. The summed E-state index contributed by atoms with van der Waals surface area (Å²) in [5.74, 6) is 0.702. The largest absolute Gasteiger partial charge is 0.382 e. The number of oxime groups is 1. The molecule has 1 fully saturated rings. The highest BCUT2D eigenvalue weighted by Crippen LogP contribution is 2.21. The van der Waals surface area contributed by atoms with E-state index < -0.39 is 17.7 Å². The second kappa shape index (κ2) is 6.64. The summed E-state index contributed by atoms with van der Waals surface area (Å²) in [5, 5.41) is 6.69. The molecule has 0 radical (unpaired) electrons. The molecule has 1 N–H and O–H groups in total. The van der Waals surface area contributed by atoms with Crippen LogP contribution in [0.4, 0.5) is 8.78 Å². The molecule has 1 saturated heterocycles. The Balaban J connectivity index is 1.61. The van der Waals surface area contributed by atoms with Crippen molar-refractivity contribution >= 4 is 23.4 Å². The number of hydrogen-bond donors (Lipinski definition) is 1. The van der Waals surface area contributed by atoms with Crippen molar-refractivity contribution < 1.29 is 18.4 Å².